The van der Waals surface area contributed by atoms with E-state index in [0.717, 1.165) is 5.56 Å². The largest absolute Gasteiger partial charge is 0.472 e. The first-order valence-corrected chi connectivity index (χ1v) is 5.59. The van der Waals surface area contributed by atoms with Crippen molar-refractivity contribution in [3.8, 4) is 0 Å². The third-order valence-corrected chi connectivity index (χ3v) is 2.81. The van der Waals surface area contributed by atoms with Gasteiger partial charge in [0.25, 0.3) is 0 Å². The summed E-state index contributed by atoms with van der Waals surface area (Å²) in [5.41, 5.74) is 0.888. The predicted octanol–water partition coefficient (Wildman–Crippen LogP) is 2.45. The molecule has 0 amide bonds. The standard InChI is InChI=1S/C11H9NO2S/c13-15(11-3-1-2-6-12-11)8-5-10-4-7-14-9-10/h1-9H/b8-5-. The second-order valence-corrected chi connectivity index (χ2v) is 4.11. The Kier molecular flexibility index (Phi) is 3.09. The van der Waals surface area contributed by atoms with E-state index in [1.54, 1.807) is 48.4 Å². The molecular formula is C11H9NO2S. The number of aromatic nitrogens is 1. The van der Waals surface area contributed by atoms with Gasteiger partial charge in [0, 0.05) is 17.2 Å². The zero-order valence-electron chi connectivity index (χ0n) is 7.87. The molecule has 1 atom stereocenters. The molecule has 15 heavy (non-hydrogen) atoms. The zero-order chi connectivity index (χ0) is 10.5. The molecule has 2 rings (SSSR count). The van der Waals surface area contributed by atoms with Gasteiger partial charge in [-0.25, -0.2) is 9.19 Å². The van der Waals surface area contributed by atoms with Crippen molar-refractivity contribution in [3.63, 3.8) is 0 Å². The van der Waals surface area contributed by atoms with E-state index >= 15 is 0 Å². The zero-order valence-corrected chi connectivity index (χ0v) is 8.68. The van der Waals surface area contributed by atoms with Gasteiger partial charge in [-0.15, -0.1) is 0 Å². The van der Waals surface area contributed by atoms with E-state index in [1.165, 1.54) is 0 Å². The van der Waals surface area contributed by atoms with Crippen LogP contribution in [0.1, 0.15) is 5.56 Å². The lowest BCUT2D eigenvalue weighted by molar-refractivity contribution is 0.567. The van der Waals surface area contributed by atoms with Gasteiger partial charge < -0.3 is 4.42 Å². The maximum atomic E-state index is 11.7. The summed E-state index contributed by atoms with van der Waals surface area (Å²) >= 11 is 0. The molecule has 0 saturated heterocycles. The Hall–Kier alpha value is -1.68. The van der Waals surface area contributed by atoms with Crippen LogP contribution in [0, 0.1) is 0 Å². The maximum Gasteiger partial charge on any atom is 0.131 e. The highest BCUT2D eigenvalue weighted by molar-refractivity contribution is 7.88. The van der Waals surface area contributed by atoms with E-state index in [9.17, 15) is 4.21 Å². The average molecular weight is 219 g/mol. The molecule has 2 aromatic heterocycles. The molecule has 76 valence electrons. The van der Waals surface area contributed by atoms with Crippen LogP contribution in [0.25, 0.3) is 6.08 Å². The number of nitrogens with zero attached hydrogens (tertiary/aromatic N) is 1. The van der Waals surface area contributed by atoms with Crippen molar-refractivity contribution in [3.05, 3.63) is 54.0 Å². The summed E-state index contributed by atoms with van der Waals surface area (Å²) < 4.78 is 16.6. The summed E-state index contributed by atoms with van der Waals surface area (Å²) in [6, 6.07) is 7.13. The molecule has 0 bridgehead atoms. The van der Waals surface area contributed by atoms with Crippen LogP contribution in [0.2, 0.25) is 0 Å². The number of pyridine rings is 1. The van der Waals surface area contributed by atoms with E-state index in [1.807, 2.05) is 6.07 Å². The number of hydrogen-bond donors (Lipinski definition) is 0. The van der Waals surface area contributed by atoms with Crippen LogP contribution < -0.4 is 0 Å². The molecular weight excluding hydrogens is 210 g/mol. The molecule has 4 heteroatoms. The lowest BCUT2D eigenvalue weighted by atomic mass is 10.3. The van der Waals surface area contributed by atoms with Crippen LogP contribution >= 0.6 is 0 Å². The van der Waals surface area contributed by atoms with Gasteiger partial charge in [-0.05, 0) is 24.3 Å². The van der Waals surface area contributed by atoms with Gasteiger partial charge in [0.1, 0.15) is 5.03 Å². The maximum absolute atomic E-state index is 11.7. The summed E-state index contributed by atoms with van der Waals surface area (Å²) in [5, 5.41) is 2.14. The van der Waals surface area contributed by atoms with E-state index in [4.69, 9.17) is 4.42 Å². The predicted molar refractivity (Wildman–Crippen MR) is 58.4 cm³/mol. The van der Waals surface area contributed by atoms with Gasteiger partial charge in [0.15, 0.2) is 0 Å². The summed E-state index contributed by atoms with van der Waals surface area (Å²) in [6.07, 6.45) is 6.53. The average Bonchev–Trinajstić information content (AvgIpc) is 2.80. The monoisotopic (exact) mass is 219 g/mol. The quantitative estimate of drug-likeness (QED) is 0.796. The summed E-state index contributed by atoms with van der Waals surface area (Å²) in [6.45, 7) is 0. The number of hydrogen-bond acceptors (Lipinski definition) is 3. The van der Waals surface area contributed by atoms with Crippen LogP contribution in [0.5, 0.6) is 0 Å². The topological polar surface area (TPSA) is 43.1 Å². The molecule has 3 nitrogen and oxygen atoms in total. The lowest BCUT2D eigenvalue weighted by Crippen LogP contribution is -1.88. The van der Waals surface area contributed by atoms with Crippen molar-refractivity contribution in [1.29, 1.82) is 0 Å². The van der Waals surface area contributed by atoms with Crippen molar-refractivity contribution in [2.45, 2.75) is 5.03 Å². The van der Waals surface area contributed by atoms with Gasteiger partial charge in [0.2, 0.25) is 0 Å². The van der Waals surface area contributed by atoms with Crippen molar-refractivity contribution in [2.24, 2.45) is 0 Å². The second kappa shape index (κ2) is 4.70. The highest BCUT2D eigenvalue weighted by Gasteiger charge is 1.98. The fourth-order valence-corrected chi connectivity index (χ4v) is 1.84. The fourth-order valence-electron chi connectivity index (χ4n) is 1.05. The minimum Gasteiger partial charge on any atom is -0.472 e. The Morgan fingerprint density at radius 2 is 2.27 bits per heavy atom. The Balaban J connectivity index is 2.11. The van der Waals surface area contributed by atoms with Gasteiger partial charge >= 0.3 is 0 Å². The molecule has 0 fully saturated rings. The SMILES string of the molecule is O=S(/C=C\c1ccoc1)c1ccccn1. The molecule has 2 aromatic rings. The second-order valence-electron chi connectivity index (χ2n) is 2.82. The normalized spacial score (nSPS) is 13.1. The minimum atomic E-state index is -1.20. The first-order valence-electron chi connectivity index (χ1n) is 4.38. The van der Waals surface area contributed by atoms with Crippen molar-refractivity contribution >= 4 is 16.9 Å². The third kappa shape index (κ3) is 2.63. The van der Waals surface area contributed by atoms with Crippen molar-refractivity contribution < 1.29 is 8.63 Å². The fraction of sp³-hybridized carbons (Fsp3) is 0. The molecule has 2 heterocycles. The number of rotatable bonds is 3. The van der Waals surface area contributed by atoms with Gasteiger partial charge in [-0.3, -0.25) is 0 Å². The Morgan fingerprint density at radius 3 is 2.93 bits per heavy atom. The van der Waals surface area contributed by atoms with E-state index in [0.29, 0.717) is 5.03 Å². The van der Waals surface area contributed by atoms with Crippen LogP contribution in [-0.2, 0) is 10.8 Å². The lowest BCUT2D eigenvalue weighted by Gasteiger charge is -1.92. The van der Waals surface area contributed by atoms with Crippen LogP contribution in [0.4, 0.5) is 0 Å². The number of furan rings is 1. The minimum absolute atomic E-state index is 0.553. The molecule has 0 spiro atoms. The molecule has 0 aliphatic rings. The Bertz CT molecular complexity index is 463. The van der Waals surface area contributed by atoms with Gasteiger partial charge in [0.05, 0.1) is 23.3 Å². The summed E-state index contributed by atoms with van der Waals surface area (Å²) in [7, 11) is -1.20. The summed E-state index contributed by atoms with van der Waals surface area (Å²) in [4.78, 5) is 4.00. The van der Waals surface area contributed by atoms with E-state index in [2.05, 4.69) is 4.98 Å². The molecule has 0 radical (unpaired) electrons. The molecule has 0 aliphatic carbocycles. The first kappa shape index (κ1) is 9.86. The van der Waals surface area contributed by atoms with Gasteiger partial charge in [-0.1, -0.05) is 6.07 Å². The molecule has 1 unspecified atom stereocenters. The molecule has 0 saturated carbocycles. The highest BCUT2D eigenvalue weighted by Crippen LogP contribution is 2.07. The van der Waals surface area contributed by atoms with Crippen molar-refractivity contribution in [1.82, 2.24) is 4.98 Å². The van der Waals surface area contributed by atoms with Crippen LogP contribution in [-0.4, -0.2) is 9.19 Å². The van der Waals surface area contributed by atoms with Crippen LogP contribution in [0.15, 0.2) is 57.8 Å². The van der Waals surface area contributed by atoms with Crippen molar-refractivity contribution in [2.75, 3.05) is 0 Å². The third-order valence-electron chi connectivity index (χ3n) is 1.77. The van der Waals surface area contributed by atoms with Gasteiger partial charge in [-0.2, -0.15) is 0 Å². The smallest absolute Gasteiger partial charge is 0.131 e. The van der Waals surface area contributed by atoms with Crippen LogP contribution in [0.3, 0.4) is 0 Å². The Morgan fingerprint density at radius 1 is 1.33 bits per heavy atom. The summed E-state index contributed by atoms with van der Waals surface area (Å²) in [5.74, 6) is 0. The molecule has 0 aliphatic heterocycles. The Labute approximate surface area is 89.9 Å². The first-order chi connectivity index (χ1) is 7.36. The molecule has 0 N–H and O–H groups in total. The van der Waals surface area contributed by atoms with E-state index < -0.39 is 10.8 Å². The highest BCUT2D eigenvalue weighted by atomic mass is 32.2. The van der Waals surface area contributed by atoms with E-state index in [-0.39, 0.29) is 0 Å². The molecule has 0 aromatic carbocycles.